The Morgan fingerprint density at radius 1 is 0.667 bits per heavy atom. The third-order valence-electron chi connectivity index (χ3n) is 7.44. The van der Waals surface area contributed by atoms with Gasteiger partial charge < -0.3 is 9.80 Å². The summed E-state index contributed by atoms with van der Waals surface area (Å²) >= 11 is 0. The molecule has 33 heavy (non-hydrogen) atoms. The van der Waals surface area contributed by atoms with Crippen LogP contribution in [0, 0.1) is 0 Å². The lowest BCUT2D eigenvalue weighted by atomic mass is 9.72. The van der Waals surface area contributed by atoms with Crippen molar-refractivity contribution in [1.29, 1.82) is 0 Å². The van der Waals surface area contributed by atoms with Crippen molar-refractivity contribution in [3.63, 3.8) is 0 Å². The van der Waals surface area contributed by atoms with Crippen LogP contribution in [-0.4, -0.2) is 46.8 Å². The first-order valence-corrected chi connectivity index (χ1v) is 11.9. The zero-order valence-electron chi connectivity index (χ0n) is 18.9. The van der Waals surface area contributed by atoms with E-state index in [9.17, 15) is 9.59 Å². The van der Waals surface area contributed by atoms with Gasteiger partial charge in [-0.25, -0.2) is 0 Å². The molecule has 0 saturated carbocycles. The van der Waals surface area contributed by atoms with Crippen molar-refractivity contribution in [3.8, 4) is 0 Å². The minimum absolute atomic E-state index is 0.0850. The van der Waals surface area contributed by atoms with Gasteiger partial charge in [-0.15, -0.1) is 0 Å². The largest absolute Gasteiger partial charge is 0.338 e. The molecule has 1 spiro atoms. The molecule has 2 amide bonds. The predicted octanol–water partition coefficient (Wildman–Crippen LogP) is 5.38. The first-order chi connectivity index (χ1) is 16.2. The van der Waals surface area contributed by atoms with Crippen LogP contribution in [0.4, 0.5) is 0 Å². The monoisotopic (exact) mass is 438 g/mol. The van der Waals surface area contributed by atoms with E-state index in [2.05, 4.69) is 35.2 Å². The lowest BCUT2D eigenvalue weighted by Crippen LogP contribution is -2.61. The van der Waals surface area contributed by atoms with Gasteiger partial charge in [-0.1, -0.05) is 66.7 Å². The molecule has 5 rings (SSSR count). The summed E-state index contributed by atoms with van der Waals surface area (Å²) in [6, 6.07) is 29.8. The van der Waals surface area contributed by atoms with Crippen molar-refractivity contribution in [2.24, 2.45) is 0 Å². The summed E-state index contributed by atoms with van der Waals surface area (Å²) in [4.78, 5) is 30.7. The molecule has 1 atom stereocenters. The highest BCUT2D eigenvalue weighted by atomic mass is 16.2. The van der Waals surface area contributed by atoms with Crippen LogP contribution in [0.3, 0.4) is 0 Å². The van der Waals surface area contributed by atoms with Crippen LogP contribution >= 0.6 is 0 Å². The standard InChI is InChI=1S/C29H30N2O2/c32-27(24-12-6-2-7-13-24)30-20-17-29(18-21-30)22-26(23-10-4-1-5-11-23)16-19-31(29)28(33)25-14-8-3-9-15-25/h1-15,26H,16-22H2. The van der Waals surface area contributed by atoms with Gasteiger partial charge in [-0.2, -0.15) is 0 Å². The number of hydrogen-bond acceptors (Lipinski definition) is 2. The highest BCUT2D eigenvalue weighted by Gasteiger charge is 2.47. The Kier molecular flexibility index (Phi) is 5.99. The normalized spacial score (nSPS) is 19.9. The molecule has 0 aromatic heterocycles. The summed E-state index contributed by atoms with van der Waals surface area (Å²) in [6.07, 6.45) is 3.54. The molecular formula is C29H30N2O2. The molecule has 0 aliphatic carbocycles. The maximum atomic E-state index is 13.6. The molecule has 4 nitrogen and oxygen atoms in total. The maximum Gasteiger partial charge on any atom is 0.254 e. The van der Waals surface area contributed by atoms with E-state index in [1.807, 2.05) is 65.6 Å². The second-order valence-corrected chi connectivity index (χ2v) is 9.31. The number of amides is 2. The van der Waals surface area contributed by atoms with Gasteiger partial charge >= 0.3 is 0 Å². The van der Waals surface area contributed by atoms with E-state index in [1.54, 1.807) is 0 Å². The van der Waals surface area contributed by atoms with E-state index < -0.39 is 0 Å². The van der Waals surface area contributed by atoms with Crippen molar-refractivity contribution in [2.45, 2.75) is 37.1 Å². The Labute approximate surface area is 195 Å². The van der Waals surface area contributed by atoms with Gasteiger partial charge in [0.05, 0.1) is 0 Å². The Balaban J connectivity index is 1.40. The molecule has 4 heteroatoms. The Morgan fingerprint density at radius 3 is 1.76 bits per heavy atom. The zero-order valence-corrected chi connectivity index (χ0v) is 18.9. The minimum Gasteiger partial charge on any atom is -0.338 e. The van der Waals surface area contributed by atoms with Crippen LogP contribution in [0.15, 0.2) is 91.0 Å². The fraction of sp³-hybridized carbons (Fsp3) is 0.310. The molecule has 2 aliphatic heterocycles. The fourth-order valence-electron chi connectivity index (χ4n) is 5.62. The number of carbonyl (C=O) groups excluding carboxylic acids is 2. The quantitative estimate of drug-likeness (QED) is 0.551. The summed E-state index contributed by atoms with van der Waals surface area (Å²) in [5, 5.41) is 0. The van der Waals surface area contributed by atoms with Crippen LogP contribution < -0.4 is 0 Å². The predicted molar refractivity (Wildman–Crippen MR) is 130 cm³/mol. The highest BCUT2D eigenvalue weighted by Crippen LogP contribution is 2.44. The van der Waals surface area contributed by atoms with E-state index in [4.69, 9.17) is 0 Å². The van der Waals surface area contributed by atoms with Crippen LogP contribution in [0.1, 0.15) is 57.9 Å². The topological polar surface area (TPSA) is 40.6 Å². The van der Waals surface area contributed by atoms with Crippen LogP contribution in [0.2, 0.25) is 0 Å². The number of nitrogens with zero attached hydrogens (tertiary/aromatic N) is 2. The van der Waals surface area contributed by atoms with Crippen molar-refractivity contribution in [3.05, 3.63) is 108 Å². The SMILES string of the molecule is O=C(c1ccccc1)N1CCC2(CC1)CC(c1ccccc1)CCN2C(=O)c1ccccc1. The summed E-state index contributed by atoms with van der Waals surface area (Å²) in [7, 11) is 0. The molecule has 2 fully saturated rings. The Hall–Kier alpha value is -3.40. The third-order valence-corrected chi connectivity index (χ3v) is 7.44. The van der Waals surface area contributed by atoms with Crippen molar-refractivity contribution in [2.75, 3.05) is 19.6 Å². The molecule has 3 aromatic carbocycles. The zero-order chi connectivity index (χ0) is 22.7. The lowest BCUT2D eigenvalue weighted by Gasteiger charge is -2.53. The van der Waals surface area contributed by atoms with Gasteiger partial charge in [0.15, 0.2) is 0 Å². The molecule has 0 N–H and O–H groups in total. The van der Waals surface area contributed by atoms with Gasteiger partial charge in [-0.05, 0) is 61.4 Å². The van der Waals surface area contributed by atoms with Crippen molar-refractivity contribution in [1.82, 2.24) is 9.80 Å². The van der Waals surface area contributed by atoms with E-state index in [0.29, 0.717) is 19.0 Å². The number of piperidine rings is 2. The first kappa shape index (κ1) is 21.4. The number of likely N-dealkylation sites (tertiary alicyclic amines) is 2. The third kappa shape index (κ3) is 4.30. The Morgan fingerprint density at radius 2 is 1.18 bits per heavy atom. The summed E-state index contributed by atoms with van der Waals surface area (Å²) in [5.74, 6) is 0.633. The lowest BCUT2D eigenvalue weighted by molar-refractivity contribution is -0.00379. The maximum absolute atomic E-state index is 13.6. The van der Waals surface area contributed by atoms with E-state index >= 15 is 0 Å². The minimum atomic E-state index is -0.223. The molecule has 168 valence electrons. The van der Waals surface area contributed by atoms with Gasteiger partial charge in [-0.3, -0.25) is 9.59 Å². The molecule has 2 aliphatic rings. The fourth-order valence-corrected chi connectivity index (χ4v) is 5.62. The summed E-state index contributed by atoms with van der Waals surface area (Å²) < 4.78 is 0. The second kappa shape index (κ2) is 9.22. The molecule has 3 aromatic rings. The highest BCUT2D eigenvalue weighted by molar-refractivity contribution is 5.95. The number of benzene rings is 3. The Bertz CT molecular complexity index is 1090. The molecule has 0 radical (unpaired) electrons. The second-order valence-electron chi connectivity index (χ2n) is 9.31. The number of hydrogen-bond donors (Lipinski definition) is 0. The van der Waals surface area contributed by atoms with Crippen LogP contribution in [0.5, 0.6) is 0 Å². The molecule has 2 saturated heterocycles. The van der Waals surface area contributed by atoms with Crippen molar-refractivity contribution < 1.29 is 9.59 Å². The van der Waals surface area contributed by atoms with Gasteiger partial charge in [0, 0.05) is 36.3 Å². The van der Waals surface area contributed by atoms with Crippen LogP contribution in [0.25, 0.3) is 0 Å². The number of rotatable bonds is 3. The van der Waals surface area contributed by atoms with E-state index in [1.165, 1.54) is 5.56 Å². The molecule has 0 bridgehead atoms. The van der Waals surface area contributed by atoms with Gasteiger partial charge in [0.25, 0.3) is 11.8 Å². The number of carbonyl (C=O) groups is 2. The average Bonchev–Trinajstić information content (AvgIpc) is 2.90. The van der Waals surface area contributed by atoms with Gasteiger partial charge in [0.1, 0.15) is 0 Å². The average molecular weight is 439 g/mol. The van der Waals surface area contributed by atoms with Crippen molar-refractivity contribution >= 4 is 11.8 Å². The molecule has 1 unspecified atom stereocenters. The van der Waals surface area contributed by atoms with E-state index in [0.717, 1.165) is 43.4 Å². The van der Waals surface area contributed by atoms with Crippen LogP contribution in [-0.2, 0) is 0 Å². The smallest absolute Gasteiger partial charge is 0.254 e. The van der Waals surface area contributed by atoms with E-state index in [-0.39, 0.29) is 17.4 Å². The summed E-state index contributed by atoms with van der Waals surface area (Å²) in [5.41, 5.74) is 2.61. The summed E-state index contributed by atoms with van der Waals surface area (Å²) in [6.45, 7) is 2.10. The molecular weight excluding hydrogens is 408 g/mol. The van der Waals surface area contributed by atoms with Gasteiger partial charge in [0.2, 0.25) is 0 Å². The first-order valence-electron chi connectivity index (χ1n) is 11.9. The molecule has 2 heterocycles.